The molecule has 22 radical (unpaired) electrons. The lowest BCUT2D eigenvalue weighted by molar-refractivity contribution is -0.480. The number of nitrogens with zero attached hydrogens (tertiary/aromatic N) is 7. The van der Waals surface area contributed by atoms with E-state index in [1.54, 1.807) is 27.8 Å². The van der Waals surface area contributed by atoms with Crippen molar-refractivity contribution in [2.75, 3.05) is 46.9 Å². The molecular weight excluding hydrogens is 1020 g/mol. The van der Waals surface area contributed by atoms with Gasteiger partial charge in [-0.3, -0.25) is 79.3 Å². The van der Waals surface area contributed by atoms with Gasteiger partial charge in [0.2, 0.25) is 38.6 Å². The second-order valence-corrected chi connectivity index (χ2v) is 15.7. The zero-order valence-corrected chi connectivity index (χ0v) is 45.4. The van der Waals surface area contributed by atoms with Crippen molar-refractivity contribution in [3.05, 3.63) is 63.2 Å². The van der Waals surface area contributed by atoms with E-state index in [4.69, 9.17) is 19.7 Å². The van der Waals surface area contributed by atoms with Crippen molar-refractivity contribution >= 4 is 139 Å². The first-order valence-electron chi connectivity index (χ1n) is 22.0. The predicted octanol–water partition coefficient (Wildman–Crippen LogP) is -0.978. The predicted molar refractivity (Wildman–Crippen MR) is 298 cm³/mol. The molecule has 29 nitrogen and oxygen atoms in total. The number of carbonyl (C=O) groups is 7. The third-order valence-corrected chi connectivity index (χ3v) is 6.36. The lowest BCUT2D eigenvalue weighted by atomic mass is 9.08. The maximum absolute atomic E-state index is 11.0. The minimum Gasteiger partial charge on any atom is -0.481 e. The highest BCUT2D eigenvalue weighted by Crippen LogP contribution is 2.10. The number of ketones is 1. The SMILES string of the molecule is C=CC(=O)OC(C)(C)C.CC(C)(C)OC(=O)CCC[N+](=O)[O-].CN1N=C(CCC[N+](=O)[O-])CC1=O.COC(=O)CC(=O)CCC[N+](=O)[O-].O=C(O)CCC[N+](=O)[O-].O=C(O)CCC[N+](=O)[O-].[B].[B]B([B])[B].[B][B].[B][B].[B][B][B]. The van der Waals surface area contributed by atoms with Gasteiger partial charge in [0.15, 0.2) is 0 Å². The Morgan fingerprint density at radius 3 is 1.22 bits per heavy atom. The van der Waals surface area contributed by atoms with Crippen LogP contribution in [0.3, 0.4) is 0 Å². The van der Waals surface area contributed by atoms with E-state index in [2.05, 4.69) is 86.1 Å². The first-order valence-corrected chi connectivity index (χ1v) is 22.0. The van der Waals surface area contributed by atoms with Gasteiger partial charge in [-0.1, -0.05) is 6.58 Å². The Morgan fingerprint density at radius 1 is 0.667 bits per heavy atom. The molecule has 78 heavy (non-hydrogen) atoms. The molecule has 1 rings (SSSR count). The van der Waals surface area contributed by atoms with Crippen molar-refractivity contribution < 1.29 is 82.6 Å². The molecule has 0 aliphatic carbocycles. The van der Waals surface area contributed by atoms with Crippen LogP contribution in [0.4, 0.5) is 0 Å². The number of aliphatic carboxylic acids is 2. The number of carboxylic acid groups (broad SMARTS) is 2. The van der Waals surface area contributed by atoms with Crippen LogP contribution in [0.25, 0.3) is 0 Å². The summed E-state index contributed by atoms with van der Waals surface area (Å²) >= 11 is 0. The third kappa shape index (κ3) is 114. The minimum atomic E-state index is -0.989. The summed E-state index contributed by atoms with van der Waals surface area (Å²) in [5.41, 5.74) is -0.161. The molecular formula is C37H63B12N7O22. The summed E-state index contributed by atoms with van der Waals surface area (Å²) in [6, 6.07) is 0. The van der Waals surface area contributed by atoms with Crippen molar-refractivity contribution in [1.82, 2.24) is 5.01 Å². The Kier molecular flexibility index (Phi) is 76.3. The molecule has 1 aliphatic heterocycles. The summed E-state index contributed by atoms with van der Waals surface area (Å²) < 4.78 is 14.0. The molecule has 1 aliphatic rings. The fourth-order valence-electron chi connectivity index (χ4n) is 3.68. The Morgan fingerprint density at radius 2 is 0.974 bits per heavy atom. The lowest BCUT2D eigenvalue weighted by Gasteiger charge is -2.19. The van der Waals surface area contributed by atoms with Gasteiger partial charge in [0.1, 0.15) is 23.4 Å². The molecule has 0 fully saturated rings. The largest absolute Gasteiger partial charge is 0.481 e. The summed E-state index contributed by atoms with van der Waals surface area (Å²) in [4.78, 5) is 120. The van der Waals surface area contributed by atoms with E-state index >= 15 is 0 Å². The van der Waals surface area contributed by atoms with E-state index in [-0.39, 0.29) is 127 Å². The average molecular weight is 1090 g/mol. The van der Waals surface area contributed by atoms with Crippen LogP contribution in [0.15, 0.2) is 17.8 Å². The number of hydrogen-bond acceptors (Lipinski definition) is 21. The number of carboxylic acids is 2. The number of hydrogen-bond donors (Lipinski definition) is 2. The van der Waals surface area contributed by atoms with Crippen LogP contribution in [-0.2, 0) is 47.8 Å². The van der Waals surface area contributed by atoms with E-state index in [1.807, 2.05) is 20.8 Å². The molecule has 2 N–H and O–H groups in total. The van der Waals surface area contributed by atoms with E-state index in [9.17, 15) is 84.1 Å². The number of carbonyl (C=O) groups excluding carboxylic acids is 5. The molecule has 414 valence electrons. The summed E-state index contributed by atoms with van der Waals surface area (Å²) in [6.07, 6.45) is 2.05. The smallest absolute Gasteiger partial charge is 0.330 e. The van der Waals surface area contributed by atoms with Crippen LogP contribution < -0.4 is 0 Å². The first kappa shape index (κ1) is 94.1. The molecule has 0 aromatic rings. The fraction of sp³-hybridized carbons (Fsp3) is 0.730. The maximum atomic E-state index is 11.0. The molecule has 0 aromatic heterocycles. The molecule has 0 aromatic carbocycles. The Labute approximate surface area is 470 Å². The molecule has 1 amide bonds. The van der Waals surface area contributed by atoms with Gasteiger partial charge in [-0.15, -0.1) is 0 Å². The van der Waals surface area contributed by atoms with Gasteiger partial charge in [0, 0.05) is 173 Å². The highest BCUT2D eigenvalue weighted by Gasteiger charge is 2.20. The second-order valence-electron chi connectivity index (χ2n) is 15.7. The zero-order valence-electron chi connectivity index (χ0n) is 45.4. The first-order chi connectivity index (χ1) is 35.3. The van der Waals surface area contributed by atoms with E-state index < -0.39 is 55.2 Å². The third-order valence-electron chi connectivity index (χ3n) is 6.36. The van der Waals surface area contributed by atoms with E-state index in [0.717, 1.165) is 18.8 Å². The average Bonchev–Trinajstić information content (AvgIpc) is 3.59. The van der Waals surface area contributed by atoms with Crippen LogP contribution in [-0.4, -0.2) is 237 Å². The quantitative estimate of drug-likeness (QED) is 0.0236. The van der Waals surface area contributed by atoms with Gasteiger partial charge < -0.3 is 24.4 Å². The topological polar surface area (TPSA) is 419 Å². The number of ether oxygens (including phenoxy) is 3. The number of nitro groups is 5. The highest BCUT2D eigenvalue weighted by molar-refractivity contribution is 7.49. The zero-order chi connectivity index (χ0) is 62.9. The van der Waals surface area contributed by atoms with Crippen molar-refractivity contribution in [3.8, 4) is 0 Å². The molecule has 0 bridgehead atoms. The van der Waals surface area contributed by atoms with Gasteiger partial charge in [-0.2, -0.15) is 5.10 Å². The van der Waals surface area contributed by atoms with Crippen LogP contribution in [0.1, 0.15) is 119 Å². The van der Waals surface area contributed by atoms with Gasteiger partial charge >= 0.3 is 29.8 Å². The number of amides is 1. The molecule has 0 atom stereocenters. The van der Waals surface area contributed by atoms with Crippen molar-refractivity contribution in [1.29, 1.82) is 0 Å². The summed E-state index contributed by atoms with van der Waals surface area (Å²) in [5.74, 6) is -3.71. The molecule has 0 saturated heterocycles. The fourth-order valence-corrected chi connectivity index (χ4v) is 3.68. The Bertz CT molecular complexity index is 1690. The van der Waals surface area contributed by atoms with Crippen molar-refractivity contribution in [2.45, 2.75) is 130 Å². The Balaban J connectivity index is -0.0000000859. The lowest BCUT2D eigenvalue weighted by Crippen LogP contribution is -2.24. The molecule has 41 heteroatoms. The Hall–Kier alpha value is -6.32. The molecule has 1 heterocycles. The van der Waals surface area contributed by atoms with Gasteiger partial charge in [-0.25, -0.2) is 9.80 Å². The number of hydrazone groups is 1. The molecule has 0 saturated carbocycles. The van der Waals surface area contributed by atoms with Crippen LogP contribution in [0.5, 0.6) is 0 Å². The summed E-state index contributed by atoms with van der Waals surface area (Å²) in [7, 11) is 42.8. The van der Waals surface area contributed by atoms with Crippen LogP contribution in [0, 0.1) is 50.6 Å². The summed E-state index contributed by atoms with van der Waals surface area (Å²) in [6.45, 7) is 13.0. The van der Waals surface area contributed by atoms with E-state index in [1.165, 1.54) is 12.1 Å². The highest BCUT2D eigenvalue weighted by atomic mass is 16.6. The van der Waals surface area contributed by atoms with Gasteiger partial charge in [0.05, 0.1) is 32.8 Å². The van der Waals surface area contributed by atoms with Gasteiger partial charge in [-0.05, 0) is 48.0 Å². The minimum absolute atomic E-state index is 0. The molecule has 0 unspecified atom stereocenters. The summed E-state index contributed by atoms with van der Waals surface area (Å²) in [5, 5.41) is 70.2. The van der Waals surface area contributed by atoms with Gasteiger partial charge in [0.25, 0.3) is 0 Å². The van der Waals surface area contributed by atoms with Crippen molar-refractivity contribution in [3.63, 3.8) is 0 Å². The maximum Gasteiger partial charge on any atom is 0.330 e. The normalized spacial score (nSPS) is 9.92. The standard InChI is InChI=1S/C8H15NO4.C7H11N3O3.C7H11NO5.C7H12O2.2C4H7NO4.B4.B3.2B2.B/c1-8(2,3)13-7(10)5-4-6-9(11)12;1-9-7(11)5-6(8-9)3-2-4-10(12)13;1-13-7(10)5-6(9)3-2-4-8(11)12;1-5-6(8)9-7(2,3)4;2*6-4(7)2-1-3-5(8)9;1-4(2)3;1-3-2;2*1-2;/h4-6H2,1-3H3;2*2-5H2,1H3;5H,1H2,2-4H3;2*1-3H2,(H,6,7);;;;;. The van der Waals surface area contributed by atoms with Crippen molar-refractivity contribution in [2.24, 2.45) is 5.10 Å². The molecule has 0 spiro atoms. The number of Topliss-reactive ketones (excluding diaryl/α,β-unsaturated/α-hetero) is 1. The monoisotopic (exact) mass is 1090 g/mol. The number of methoxy groups -OCH3 is 1. The van der Waals surface area contributed by atoms with Crippen LogP contribution in [0.2, 0.25) is 0 Å². The van der Waals surface area contributed by atoms with E-state index in [0.29, 0.717) is 19.3 Å². The number of rotatable bonds is 23. The number of esters is 3. The second kappa shape index (κ2) is 63.2. The van der Waals surface area contributed by atoms with Crippen LogP contribution >= 0.6 is 0 Å².